The van der Waals surface area contributed by atoms with Gasteiger partial charge in [-0.15, -0.1) is 0 Å². The molecule has 0 aliphatic heterocycles. The molecule has 1 rings (SSSR count). The summed E-state index contributed by atoms with van der Waals surface area (Å²) in [7, 11) is 0. The lowest BCUT2D eigenvalue weighted by Crippen LogP contribution is -2.39. The minimum absolute atomic E-state index is 0.766. The molecule has 1 aliphatic carbocycles. The highest BCUT2D eigenvalue weighted by atomic mass is 32.2. The largest absolute Gasteiger partial charge is 0.313 e. The molecule has 15 heavy (non-hydrogen) atoms. The third kappa shape index (κ3) is 5.26. The van der Waals surface area contributed by atoms with E-state index in [1.54, 1.807) is 0 Å². The first-order valence-corrected chi connectivity index (χ1v) is 7.57. The molecule has 2 unspecified atom stereocenters. The molecule has 0 heterocycles. The SMILES string of the molecule is CCNC1CCCCCCC1SC(C)C. The van der Waals surface area contributed by atoms with Gasteiger partial charge in [0.1, 0.15) is 0 Å². The van der Waals surface area contributed by atoms with Crippen LogP contribution in [0, 0.1) is 0 Å². The zero-order valence-electron chi connectivity index (χ0n) is 10.6. The van der Waals surface area contributed by atoms with E-state index in [9.17, 15) is 0 Å². The highest BCUT2D eigenvalue weighted by Crippen LogP contribution is 2.29. The molecule has 0 bridgehead atoms. The fourth-order valence-electron chi connectivity index (χ4n) is 2.46. The summed E-state index contributed by atoms with van der Waals surface area (Å²) in [6.07, 6.45) is 8.56. The fraction of sp³-hybridized carbons (Fsp3) is 1.00. The van der Waals surface area contributed by atoms with E-state index < -0.39 is 0 Å². The summed E-state index contributed by atoms with van der Waals surface area (Å²) in [5.41, 5.74) is 0. The molecule has 0 saturated heterocycles. The second kappa shape index (κ2) is 7.56. The molecule has 90 valence electrons. The Labute approximate surface area is 99.8 Å². The standard InChI is InChI=1S/C13H27NS/c1-4-14-12-9-7-5-6-8-10-13(12)15-11(2)3/h11-14H,4-10H2,1-3H3. The van der Waals surface area contributed by atoms with Crippen LogP contribution in [0.15, 0.2) is 0 Å². The summed E-state index contributed by atoms with van der Waals surface area (Å²) in [5, 5.41) is 5.31. The second-order valence-corrected chi connectivity index (χ2v) is 6.70. The number of thioether (sulfide) groups is 1. The predicted octanol–water partition coefficient (Wildman–Crippen LogP) is 3.83. The fourth-order valence-corrected chi connectivity index (χ4v) is 3.88. The van der Waals surface area contributed by atoms with E-state index in [1.807, 2.05) is 0 Å². The van der Waals surface area contributed by atoms with Crippen molar-refractivity contribution < 1.29 is 0 Å². The van der Waals surface area contributed by atoms with Crippen molar-refractivity contribution in [1.29, 1.82) is 0 Å². The van der Waals surface area contributed by atoms with Gasteiger partial charge in [0.2, 0.25) is 0 Å². The molecule has 0 amide bonds. The van der Waals surface area contributed by atoms with Gasteiger partial charge in [-0.05, 0) is 24.6 Å². The Hall–Kier alpha value is 0.310. The summed E-state index contributed by atoms with van der Waals surface area (Å²) in [6, 6.07) is 0.766. The molecule has 2 heteroatoms. The van der Waals surface area contributed by atoms with Crippen LogP contribution in [-0.4, -0.2) is 23.1 Å². The van der Waals surface area contributed by atoms with Gasteiger partial charge in [0.15, 0.2) is 0 Å². The van der Waals surface area contributed by atoms with Crippen molar-refractivity contribution in [3.8, 4) is 0 Å². The van der Waals surface area contributed by atoms with Crippen molar-refractivity contribution in [3.05, 3.63) is 0 Å². The summed E-state index contributed by atoms with van der Waals surface area (Å²) >= 11 is 2.18. The predicted molar refractivity (Wildman–Crippen MR) is 71.7 cm³/mol. The van der Waals surface area contributed by atoms with Crippen molar-refractivity contribution in [2.24, 2.45) is 0 Å². The van der Waals surface area contributed by atoms with Gasteiger partial charge >= 0.3 is 0 Å². The van der Waals surface area contributed by atoms with E-state index >= 15 is 0 Å². The van der Waals surface area contributed by atoms with E-state index in [0.717, 1.165) is 23.1 Å². The van der Waals surface area contributed by atoms with Gasteiger partial charge in [0.05, 0.1) is 0 Å². The Balaban J connectivity index is 2.47. The number of nitrogens with one attached hydrogen (secondary N) is 1. The minimum Gasteiger partial charge on any atom is -0.313 e. The van der Waals surface area contributed by atoms with Crippen LogP contribution in [0.1, 0.15) is 59.3 Å². The van der Waals surface area contributed by atoms with E-state index in [1.165, 1.54) is 38.5 Å². The molecule has 0 radical (unpaired) electrons. The van der Waals surface area contributed by atoms with Crippen LogP contribution in [0.5, 0.6) is 0 Å². The molecule has 1 aliphatic rings. The molecule has 1 nitrogen and oxygen atoms in total. The molecule has 1 fully saturated rings. The average molecular weight is 229 g/mol. The normalized spacial score (nSPS) is 28.8. The van der Waals surface area contributed by atoms with E-state index in [2.05, 4.69) is 37.8 Å². The number of rotatable bonds is 4. The molecule has 1 N–H and O–H groups in total. The molecular formula is C13H27NS. The van der Waals surface area contributed by atoms with Crippen LogP contribution in [-0.2, 0) is 0 Å². The summed E-state index contributed by atoms with van der Waals surface area (Å²) in [5.74, 6) is 0. The van der Waals surface area contributed by atoms with Crippen LogP contribution < -0.4 is 5.32 Å². The zero-order valence-corrected chi connectivity index (χ0v) is 11.4. The summed E-state index contributed by atoms with van der Waals surface area (Å²) in [6.45, 7) is 8.01. The highest BCUT2D eigenvalue weighted by Gasteiger charge is 2.22. The van der Waals surface area contributed by atoms with Crippen molar-refractivity contribution in [2.45, 2.75) is 75.8 Å². The van der Waals surface area contributed by atoms with Gasteiger partial charge in [-0.2, -0.15) is 11.8 Å². The van der Waals surface area contributed by atoms with Gasteiger partial charge in [-0.25, -0.2) is 0 Å². The Morgan fingerprint density at radius 2 is 1.80 bits per heavy atom. The molecule has 0 spiro atoms. The first-order valence-electron chi connectivity index (χ1n) is 6.63. The van der Waals surface area contributed by atoms with Crippen LogP contribution in [0.2, 0.25) is 0 Å². The average Bonchev–Trinajstić information content (AvgIpc) is 2.15. The molecular weight excluding hydrogens is 202 g/mol. The van der Waals surface area contributed by atoms with Crippen molar-refractivity contribution in [2.75, 3.05) is 6.54 Å². The monoisotopic (exact) mass is 229 g/mol. The summed E-state index contributed by atoms with van der Waals surface area (Å²) < 4.78 is 0. The van der Waals surface area contributed by atoms with Crippen LogP contribution in [0.25, 0.3) is 0 Å². The van der Waals surface area contributed by atoms with E-state index in [4.69, 9.17) is 0 Å². The molecule has 1 saturated carbocycles. The quantitative estimate of drug-likeness (QED) is 0.786. The Bertz CT molecular complexity index is 159. The molecule has 0 aromatic rings. The lowest BCUT2D eigenvalue weighted by molar-refractivity contribution is 0.405. The third-order valence-electron chi connectivity index (χ3n) is 3.12. The third-order valence-corrected chi connectivity index (χ3v) is 4.57. The van der Waals surface area contributed by atoms with E-state index in [-0.39, 0.29) is 0 Å². The number of hydrogen-bond donors (Lipinski definition) is 1. The first-order chi connectivity index (χ1) is 7.24. The molecule has 0 aromatic heterocycles. The Morgan fingerprint density at radius 1 is 1.13 bits per heavy atom. The van der Waals surface area contributed by atoms with Crippen molar-refractivity contribution in [3.63, 3.8) is 0 Å². The van der Waals surface area contributed by atoms with Crippen LogP contribution >= 0.6 is 11.8 Å². The van der Waals surface area contributed by atoms with Gasteiger partial charge in [-0.3, -0.25) is 0 Å². The van der Waals surface area contributed by atoms with Gasteiger partial charge in [0.25, 0.3) is 0 Å². The minimum atomic E-state index is 0.766. The lowest BCUT2D eigenvalue weighted by Gasteiger charge is -2.30. The topological polar surface area (TPSA) is 12.0 Å². The van der Waals surface area contributed by atoms with E-state index in [0.29, 0.717) is 0 Å². The molecule has 0 aromatic carbocycles. The summed E-state index contributed by atoms with van der Waals surface area (Å²) in [4.78, 5) is 0. The van der Waals surface area contributed by atoms with Crippen LogP contribution in [0.3, 0.4) is 0 Å². The van der Waals surface area contributed by atoms with Gasteiger partial charge in [0, 0.05) is 11.3 Å². The number of hydrogen-bond acceptors (Lipinski definition) is 2. The lowest BCUT2D eigenvalue weighted by atomic mass is 9.96. The zero-order chi connectivity index (χ0) is 11.1. The van der Waals surface area contributed by atoms with Crippen LogP contribution in [0.4, 0.5) is 0 Å². The highest BCUT2D eigenvalue weighted by molar-refractivity contribution is 8.00. The smallest absolute Gasteiger partial charge is 0.0203 e. The van der Waals surface area contributed by atoms with Crippen molar-refractivity contribution >= 4 is 11.8 Å². The van der Waals surface area contributed by atoms with Crippen molar-refractivity contribution in [1.82, 2.24) is 5.32 Å². The second-order valence-electron chi connectivity index (χ2n) is 4.88. The Morgan fingerprint density at radius 3 is 2.40 bits per heavy atom. The Kier molecular flexibility index (Phi) is 6.74. The van der Waals surface area contributed by atoms with Gasteiger partial charge in [-0.1, -0.05) is 46.5 Å². The van der Waals surface area contributed by atoms with Gasteiger partial charge < -0.3 is 5.32 Å². The maximum Gasteiger partial charge on any atom is 0.0203 e. The maximum atomic E-state index is 3.69. The first kappa shape index (κ1) is 13.4. The molecule has 2 atom stereocenters. The maximum absolute atomic E-state index is 3.69.